The Balaban J connectivity index is 1.92. The van der Waals surface area contributed by atoms with E-state index in [1.165, 1.54) is 37.4 Å². The minimum Gasteiger partial charge on any atom is -0.497 e. The molecule has 3 aromatic carbocycles. The zero-order valence-corrected chi connectivity index (χ0v) is 21.8. The number of carbonyl (C=O) groups is 2. The first-order valence-corrected chi connectivity index (χ1v) is 13.1. The molecular weight excluding hydrogens is 502 g/mol. The van der Waals surface area contributed by atoms with Crippen molar-refractivity contribution in [1.29, 1.82) is 0 Å². The van der Waals surface area contributed by atoms with Crippen LogP contribution in [0.15, 0.2) is 77.7 Å². The van der Waals surface area contributed by atoms with Crippen molar-refractivity contribution in [2.45, 2.75) is 31.2 Å². The summed E-state index contributed by atoms with van der Waals surface area (Å²) in [7, 11) is -2.67. The molecular formula is C26H28ClN3O5S. The van der Waals surface area contributed by atoms with Crippen molar-refractivity contribution in [3.63, 3.8) is 0 Å². The van der Waals surface area contributed by atoms with Gasteiger partial charge in [-0.3, -0.25) is 13.9 Å². The highest BCUT2D eigenvalue weighted by Crippen LogP contribution is 2.27. The largest absolute Gasteiger partial charge is 0.497 e. The molecule has 3 rings (SSSR count). The Morgan fingerprint density at radius 1 is 1.03 bits per heavy atom. The molecule has 0 spiro atoms. The Morgan fingerprint density at radius 2 is 1.72 bits per heavy atom. The molecule has 2 amide bonds. The van der Waals surface area contributed by atoms with Gasteiger partial charge in [-0.2, -0.15) is 0 Å². The maximum absolute atomic E-state index is 13.6. The number of amides is 2. The third-order valence-electron chi connectivity index (χ3n) is 5.47. The molecule has 0 aliphatic rings. The Labute approximate surface area is 216 Å². The topological polar surface area (TPSA) is 105 Å². The van der Waals surface area contributed by atoms with Crippen LogP contribution in [0.2, 0.25) is 5.02 Å². The molecule has 0 bridgehead atoms. The summed E-state index contributed by atoms with van der Waals surface area (Å²) in [5.74, 6) is -0.470. The van der Waals surface area contributed by atoms with Crippen molar-refractivity contribution in [2.75, 3.05) is 23.3 Å². The van der Waals surface area contributed by atoms with E-state index in [-0.39, 0.29) is 33.8 Å². The lowest BCUT2D eigenvalue weighted by atomic mass is 10.1. The summed E-state index contributed by atoms with van der Waals surface area (Å²) in [4.78, 5) is 25.8. The van der Waals surface area contributed by atoms with E-state index in [0.717, 1.165) is 10.7 Å². The van der Waals surface area contributed by atoms with Crippen molar-refractivity contribution in [2.24, 2.45) is 0 Å². The number of nitrogens with one attached hydrogen (secondary N) is 2. The lowest BCUT2D eigenvalue weighted by Crippen LogP contribution is -2.38. The predicted octanol–water partition coefficient (Wildman–Crippen LogP) is 4.71. The van der Waals surface area contributed by atoms with Gasteiger partial charge < -0.3 is 15.4 Å². The van der Waals surface area contributed by atoms with Crippen molar-refractivity contribution in [3.05, 3.63) is 83.4 Å². The van der Waals surface area contributed by atoms with E-state index in [0.29, 0.717) is 10.8 Å². The van der Waals surface area contributed by atoms with Gasteiger partial charge in [0.25, 0.3) is 15.9 Å². The van der Waals surface area contributed by atoms with Crippen molar-refractivity contribution in [1.82, 2.24) is 5.32 Å². The monoisotopic (exact) mass is 529 g/mol. The number of ether oxygens (including phenoxy) is 1. The van der Waals surface area contributed by atoms with Gasteiger partial charge in [-0.25, -0.2) is 8.42 Å². The number of rotatable bonds is 10. The van der Waals surface area contributed by atoms with Gasteiger partial charge in [-0.05, 0) is 67.9 Å². The number of methoxy groups -OCH3 is 1. The van der Waals surface area contributed by atoms with Crippen LogP contribution in [0, 0.1) is 0 Å². The molecule has 0 aliphatic heterocycles. The molecule has 0 heterocycles. The number of halogens is 1. The van der Waals surface area contributed by atoms with Crippen molar-refractivity contribution < 1.29 is 22.7 Å². The molecule has 3 aromatic rings. The van der Waals surface area contributed by atoms with E-state index < -0.39 is 22.5 Å². The molecule has 1 atom stereocenters. The number of para-hydroxylation sites is 1. The van der Waals surface area contributed by atoms with Gasteiger partial charge in [0, 0.05) is 11.1 Å². The summed E-state index contributed by atoms with van der Waals surface area (Å²) in [5, 5.41) is 5.86. The fourth-order valence-electron chi connectivity index (χ4n) is 3.34. The smallest absolute Gasteiger partial charge is 0.264 e. The summed E-state index contributed by atoms with van der Waals surface area (Å²) in [5.41, 5.74) is 0.769. The normalized spacial score (nSPS) is 11.9. The van der Waals surface area contributed by atoms with Crippen LogP contribution >= 0.6 is 11.6 Å². The third-order valence-corrected chi connectivity index (χ3v) is 7.49. The quantitative estimate of drug-likeness (QED) is 0.396. The average molecular weight is 530 g/mol. The summed E-state index contributed by atoms with van der Waals surface area (Å²) in [6.07, 6.45) is 0.748. The van der Waals surface area contributed by atoms with E-state index in [2.05, 4.69) is 10.6 Å². The molecule has 190 valence electrons. The zero-order valence-electron chi connectivity index (χ0n) is 20.2. The number of hydrogen-bond acceptors (Lipinski definition) is 5. The maximum Gasteiger partial charge on any atom is 0.264 e. The summed E-state index contributed by atoms with van der Waals surface area (Å²) >= 11 is 6.12. The summed E-state index contributed by atoms with van der Waals surface area (Å²) < 4.78 is 33.2. The number of benzene rings is 3. The van der Waals surface area contributed by atoms with Crippen LogP contribution in [0.5, 0.6) is 5.75 Å². The van der Waals surface area contributed by atoms with Gasteiger partial charge in [0.05, 0.1) is 28.9 Å². The van der Waals surface area contributed by atoms with Crippen LogP contribution in [-0.2, 0) is 14.8 Å². The molecule has 0 fully saturated rings. The van der Waals surface area contributed by atoms with Gasteiger partial charge in [-0.15, -0.1) is 0 Å². The van der Waals surface area contributed by atoms with Crippen LogP contribution in [0.4, 0.5) is 11.4 Å². The second kappa shape index (κ2) is 11.9. The molecule has 0 radical (unpaired) electrons. The number of anilines is 2. The maximum atomic E-state index is 13.6. The van der Waals surface area contributed by atoms with Crippen molar-refractivity contribution in [3.8, 4) is 5.75 Å². The Kier molecular flexibility index (Phi) is 8.95. The van der Waals surface area contributed by atoms with Crippen LogP contribution in [-0.4, -0.2) is 39.9 Å². The average Bonchev–Trinajstić information content (AvgIpc) is 2.87. The van der Waals surface area contributed by atoms with E-state index in [1.54, 1.807) is 42.5 Å². The number of carbonyl (C=O) groups excluding carboxylic acids is 2. The molecule has 36 heavy (non-hydrogen) atoms. The van der Waals surface area contributed by atoms with Crippen LogP contribution in [0.1, 0.15) is 30.6 Å². The van der Waals surface area contributed by atoms with E-state index in [4.69, 9.17) is 16.3 Å². The fourth-order valence-corrected chi connectivity index (χ4v) is 4.93. The molecule has 0 saturated carbocycles. The van der Waals surface area contributed by atoms with Gasteiger partial charge in [0.1, 0.15) is 12.3 Å². The first-order chi connectivity index (χ1) is 17.1. The summed E-state index contributed by atoms with van der Waals surface area (Å²) in [6.45, 7) is 3.29. The van der Waals surface area contributed by atoms with Crippen molar-refractivity contribution >= 4 is 44.8 Å². The summed E-state index contributed by atoms with van der Waals surface area (Å²) in [6, 6.07) is 18.6. The highest BCUT2D eigenvalue weighted by Gasteiger charge is 2.28. The third kappa shape index (κ3) is 6.56. The molecule has 0 saturated heterocycles. The lowest BCUT2D eigenvalue weighted by Gasteiger charge is -2.24. The van der Waals surface area contributed by atoms with Crippen LogP contribution in [0.25, 0.3) is 0 Å². The molecule has 8 nitrogen and oxygen atoms in total. The fraction of sp³-hybridized carbons (Fsp3) is 0.231. The lowest BCUT2D eigenvalue weighted by molar-refractivity contribution is -0.114. The molecule has 0 unspecified atom stereocenters. The number of nitrogens with zero attached hydrogens (tertiary/aromatic N) is 1. The Bertz CT molecular complexity index is 1330. The standard InChI is InChI=1S/C26H28ClN3O5S/c1-4-18(2)28-26(32)23-10-5-6-11-24(23)29-25(31)17-30(20-9-7-8-19(27)16-20)36(33,34)22-14-12-21(35-3)13-15-22/h5-16,18H,4,17H2,1-3H3,(H,28,32)(H,29,31)/t18-/m1/s1. The highest BCUT2D eigenvalue weighted by atomic mass is 35.5. The molecule has 2 N–H and O–H groups in total. The minimum absolute atomic E-state index is 0.0237. The van der Waals surface area contributed by atoms with E-state index in [9.17, 15) is 18.0 Å². The number of hydrogen-bond donors (Lipinski definition) is 2. The highest BCUT2D eigenvalue weighted by molar-refractivity contribution is 7.92. The van der Waals surface area contributed by atoms with E-state index in [1.807, 2.05) is 13.8 Å². The Hall–Kier alpha value is -3.56. The van der Waals surface area contributed by atoms with Gasteiger partial charge in [0.2, 0.25) is 5.91 Å². The first kappa shape index (κ1) is 27.0. The first-order valence-electron chi connectivity index (χ1n) is 11.3. The van der Waals surface area contributed by atoms with E-state index >= 15 is 0 Å². The zero-order chi connectivity index (χ0) is 26.3. The van der Waals surface area contributed by atoms with Crippen LogP contribution in [0.3, 0.4) is 0 Å². The molecule has 10 heteroatoms. The number of sulfonamides is 1. The van der Waals surface area contributed by atoms with Crippen LogP contribution < -0.4 is 19.7 Å². The predicted molar refractivity (Wildman–Crippen MR) is 141 cm³/mol. The molecule has 0 aliphatic carbocycles. The van der Waals surface area contributed by atoms with Gasteiger partial charge in [0.15, 0.2) is 0 Å². The SMILES string of the molecule is CC[C@@H](C)NC(=O)c1ccccc1NC(=O)CN(c1cccc(Cl)c1)S(=O)(=O)c1ccc(OC)cc1. The minimum atomic E-state index is -4.15. The van der Waals surface area contributed by atoms with Gasteiger partial charge >= 0.3 is 0 Å². The molecule has 0 aromatic heterocycles. The van der Waals surface area contributed by atoms with Gasteiger partial charge in [-0.1, -0.05) is 36.7 Å². The second-order valence-electron chi connectivity index (χ2n) is 8.04. The second-order valence-corrected chi connectivity index (χ2v) is 10.3. The Morgan fingerprint density at radius 3 is 2.36 bits per heavy atom.